The molecular weight excluding hydrogens is 334 g/mol. The zero-order chi connectivity index (χ0) is 19.1. The predicted octanol–water partition coefficient (Wildman–Crippen LogP) is 3.60. The van der Waals surface area contributed by atoms with Gasteiger partial charge in [-0.2, -0.15) is 0 Å². The lowest BCUT2D eigenvalue weighted by atomic mass is 10.0. The zero-order valence-corrected chi connectivity index (χ0v) is 15.8. The Morgan fingerprint density at radius 2 is 1.50 bits per heavy atom. The van der Waals surface area contributed by atoms with Crippen molar-refractivity contribution in [3.8, 4) is 23.0 Å². The van der Waals surface area contributed by atoms with E-state index in [0.29, 0.717) is 28.6 Å². The Kier molecular flexibility index (Phi) is 6.72. The molecule has 26 heavy (non-hydrogen) atoms. The van der Waals surface area contributed by atoms with Crippen LogP contribution < -0.4 is 24.3 Å². The summed E-state index contributed by atoms with van der Waals surface area (Å²) in [7, 11) is 6.28. The average molecular weight is 359 g/mol. The lowest BCUT2D eigenvalue weighted by Gasteiger charge is -2.19. The maximum absolute atomic E-state index is 12.7. The molecule has 0 bridgehead atoms. The molecule has 2 aromatic carbocycles. The van der Waals surface area contributed by atoms with Crippen LogP contribution in [0, 0.1) is 0 Å². The Morgan fingerprint density at radius 1 is 0.885 bits per heavy atom. The number of carbonyl (C=O) groups excluding carboxylic acids is 1. The van der Waals surface area contributed by atoms with Crippen molar-refractivity contribution in [1.82, 2.24) is 5.32 Å². The number of methoxy groups -OCH3 is 4. The van der Waals surface area contributed by atoms with Gasteiger partial charge in [0.05, 0.1) is 34.5 Å². The van der Waals surface area contributed by atoms with E-state index in [-0.39, 0.29) is 11.9 Å². The van der Waals surface area contributed by atoms with Crippen molar-refractivity contribution in [2.75, 3.05) is 28.4 Å². The molecule has 0 aromatic heterocycles. The minimum atomic E-state index is -0.205. The molecule has 140 valence electrons. The molecule has 2 rings (SSSR count). The van der Waals surface area contributed by atoms with Crippen molar-refractivity contribution in [1.29, 1.82) is 0 Å². The summed E-state index contributed by atoms with van der Waals surface area (Å²) in [5.41, 5.74) is 1.41. The third-order valence-corrected chi connectivity index (χ3v) is 4.14. The monoisotopic (exact) mass is 359 g/mol. The van der Waals surface area contributed by atoms with E-state index in [2.05, 4.69) is 5.32 Å². The van der Waals surface area contributed by atoms with E-state index < -0.39 is 0 Å². The normalized spacial score (nSPS) is 11.4. The SMILES string of the molecule is CC[C@H](NC(=O)c1cc(OC)cc(OC)c1)c1ccc(OC)c(OC)c1. The maximum Gasteiger partial charge on any atom is 0.252 e. The largest absolute Gasteiger partial charge is 0.497 e. The summed E-state index contributed by atoms with van der Waals surface area (Å²) in [6, 6.07) is 10.5. The number of rotatable bonds is 8. The first-order valence-corrected chi connectivity index (χ1v) is 8.32. The smallest absolute Gasteiger partial charge is 0.252 e. The molecule has 2 aromatic rings. The lowest BCUT2D eigenvalue weighted by molar-refractivity contribution is 0.0934. The number of carbonyl (C=O) groups is 1. The van der Waals surface area contributed by atoms with Gasteiger partial charge in [-0.1, -0.05) is 13.0 Å². The fourth-order valence-electron chi connectivity index (χ4n) is 2.67. The van der Waals surface area contributed by atoms with E-state index in [9.17, 15) is 4.79 Å². The second kappa shape index (κ2) is 8.99. The second-order valence-electron chi connectivity index (χ2n) is 5.65. The molecule has 0 aliphatic carbocycles. The van der Waals surface area contributed by atoms with Crippen LogP contribution in [0.25, 0.3) is 0 Å². The van der Waals surface area contributed by atoms with Gasteiger partial charge in [0.25, 0.3) is 5.91 Å². The highest BCUT2D eigenvalue weighted by atomic mass is 16.5. The van der Waals surface area contributed by atoms with E-state index in [1.54, 1.807) is 46.6 Å². The highest BCUT2D eigenvalue weighted by molar-refractivity contribution is 5.95. The van der Waals surface area contributed by atoms with Gasteiger partial charge in [0.1, 0.15) is 11.5 Å². The summed E-state index contributed by atoms with van der Waals surface area (Å²) in [6.07, 6.45) is 0.725. The van der Waals surface area contributed by atoms with Gasteiger partial charge < -0.3 is 24.3 Å². The summed E-state index contributed by atoms with van der Waals surface area (Å²) in [5.74, 6) is 2.20. The Hall–Kier alpha value is -2.89. The Morgan fingerprint density at radius 3 is 2.00 bits per heavy atom. The molecule has 1 N–H and O–H groups in total. The van der Waals surface area contributed by atoms with Crippen molar-refractivity contribution < 1.29 is 23.7 Å². The molecule has 1 atom stereocenters. The standard InChI is InChI=1S/C20H25NO5/c1-6-17(13-7-8-18(25-4)19(11-13)26-5)21-20(22)14-9-15(23-2)12-16(10-14)24-3/h7-12,17H,6H2,1-5H3,(H,21,22)/t17-/m0/s1. The summed E-state index contributed by atoms with van der Waals surface area (Å²) in [5, 5.41) is 3.04. The van der Waals surface area contributed by atoms with Crippen LogP contribution in [0.3, 0.4) is 0 Å². The highest BCUT2D eigenvalue weighted by Crippen LogP contribution is 2.31. The molecular formula is C20H25NO5. The maximum atomic E-state index is 12.7. The Bertz CT molecular complexity index is 738. The molecule has 0 radical (unpaired) electrons. The molecule has 6 nitrogen and oxygen atoms in total. The van der Waals surface area contributed by atoms with Crippen LogP contribution in [-0.2, 0) is 0 Å². The minimum Gasteiger partial charge on any atom is -0.497 e. The van der Waals surface area contributed by atoms with E-state index >= 15 is 0 Å². The summed E-state index contributed by atoms with van der Waals surface area (Å²) in [4.78, 5) is 12.7. The molecule has 0 saturated heterocycles. The molecule has 0 spiro atoms. The summed E-state index contributed by atoms with van der Waals surface area (Å²) in [6.45, 7) is 2.01. The second-order valence-corrected chi connectivity index (χ2v) is 5.65. The van der Waals surface area contributed by atoms with Gasteiger partial charge in [0.15, 0.2) is 11.5 Å². The number of nitrogens with one attached hydrogen (secondary N) is 1. The zero-order valence-electron chi connectivity index (χ0n) is 15.8. The number of benzene rings is 2. The molecule has 0 heterocycles. The van der Waals surface area contributed by atoms with Gasteiger partial charge in [-0.05, 0) is 36.2 Å². The average Bonchev–Trinajstić information content (AvgIpc) is 2.70. The molecule has 1 amide bonds. The first-order chi connectivity index (χ1) is 12.6. The first kappa shape index (κ1) is 19.4. The van der Waals surface area contributed by atoms with Gasteiger partial charge in [-0.25, -0.2) is 0 Å². The van der Waals surface area contributed by atoms with Gasteiger partial charge in [0.2, 0.25) is 0 Å². The van der Waals surface area contributed by atoms with Crippen LogP contribution in [-0.4, -0.2) is 34.3 Å². The molecule has 0 aliphatic heterocycles. The van der Waals surface area contributed by atoms with Crippen LogP contribution in [0.2, 0.25) is 0 Å². The van der Waals surface area contributed by atoms with Crippen LogP contribution in [0.4, 0.5) is 0 Å². The fourth-order valence-corrected chi connectivity index (χ4v) is 2.67. The van der Waals surface area contributed by atoms with Crippen LogP contribution in [0.1, 0.15) is 35.3 Å². The Balaban J connectivity index is 2.26. The summed E-state index contributed by atoms with van der Waals surface area (Å²) < 4.78 is 21.1. The van der Waals surface area contributed by atoms with E-state index in [1.807, 2.05) is 25.1 Å². The molecule has 0 unspecified atom stereocenters. The van der Waals surface area contributed by atoms with Crippen molar-refractivity contribution in [2.45, 2.75) is 19.4 Å². The van der Waals surface area contributed by atoms with Crippen molar-refractivity contribution in [3.63, 3.8) is 0 Å². The van der Waals surface area contributed by atoms with Gasteiger partial charge >= 0.3 is 0 Å². The van der Waals surface area contributed by atoms with Gasteiger partial charge in [-0.3, -0.25) is 4.79 Å². The molecule has 0 saturated carbocycles. The van der Waals surface area contributed by atoms with Crippen molar-refractivity contribution in [2.24, 2.45) is 0 Å². The van der Waals surface area contributed by atoms with Crippen molar-refractivity contribution >= 4 is 5.91 Å². The van der Waals surface area contributed by atoms with Gasteiger partial charge in [0, 0.05) is 11.6 Å². The van der Waals surface area contributed by atoms with Crippen LogP contribution >= 0.6 is 0 Å². The fraction of sp³-hybridized carbons (Fsp3) is 0.350. The van der Waals surface area contributed by atoms with Crippen LogP contribution in [0.5, 0.6) is 23.0 Å². The number of ether oxygens (including phenoxy) is 4. The highest BCUT2D eigenvalue weighted by Gasteiger charge is 2.17. The minimum absolute atomic E-state index is 0.167. The number of amides is 1. The van der Waals surface area contributed by atoms with Crippen molar-refractivity contribution in [3.05, 3.63) is 47.5 Å². The Labute approximate surface area is 154 Å². The predicted molar refractivity (Wildman–Crippen MR) is 99.6 cm³/mol. The third kappa shape index (κ3) is 4.39. The molecule has 6 heteroatoms. The molecule has 0 aliphatic rings. The topological polar surface area (TPSA) is 66.0 Å². The van der Waals surface area contributed by atoms with E-state index in [0.717, 1.165) is 12.0 Å². The van der Waals surface area contributed by atoms with Crippen LogP contribution in [0.15, 0.2) is 36.4 Å². The number of hydrogen-bond donors (Lipinski definition) is 1. The van der Waals surface area contributed by atoms with E-state index in [4.69, 9.17) is 18.9 Å². The number of hydrogen-bond acceptors (Lipinski definition) is 5. The van der Waals surface area contributed by atoms with E-state index in [1.165, 1.54) is 0 Å². The first-order valence-electron chi connectivity index (χ1n) is 8.32. The quantitative estimate of drug-likeness (QED) is 0.780. The third-order valence-electron chi connectivity index (χ3n) is 4.14. The molecule has 0 fully saturated rings. The van der Waals surface area contributed by atoms with Gasteiger partial charge in [-0.15, -0.1) is 0 Å². The summed E-state index contributed by atoms with van der Waals surface area (Å²) >= 11 is 0. The lowest BCUT2D eigenvalue weighted by Crippen LogP contribution is -2.28.